The van der Waals surface area contributed by atoms with Crippen molar-refractivity contribution < 1.29 is 14.1 Å². The van der Waals surface area contributed by atoms with Crippen LogP contribution in [-0.4, -0.2) is 25.7 Å². The zero-order valence-electron chi connectivity index (χ0n) is 12.1. The predicted molar refractivity (Wildman–Crippen MR) is 77.7 cm³/mol. The molecular formula is C14H12N4O5. The molecule has 0 spiro atoms. The van der Waals surface area contributed by atoms with Gasteiger partial charge in [-0.05, 0) is 19.1 Å². The normalized spacial score (nSPS) is 10.8. The SMILES string of the molecule is Cc1noc(COC(=O)Cn2c(=O)[nH]c(=O)c3ccccc32)n1. The van der Waals surface area contributed by atoms with E-state index in [-0.39, 0.29) is 19.0 Å². The molecule has 0 aliphatic carbocycles. The maximum absolute atomic E-state index is 11.9. The van der Waals surface area contributed by atoms with Gasteiger partial charge in [-0.15, -0.1) is 0 Å². The van der Waals surface area contributed by atoms with Gasteiger partial charge in [0, 0.05) is 0 Å². The van der Waals surface area contributed by atoms with Crippen LogP contribution in [0.4, 0.5) is 0 Å². The molecule has 118 valence electrons. The third kappa shape index (κ3) is 3.03. The number of para-hydroxylation sites is 1. The number of carbonyl (C=O) groups excluding carboxylic acids is 1. The summed E-state index contributed by atoms with van der Waals surface area (Å²) in [7, 11) is 0. The standard InChI is InChI=1S/C14H12N4O5/c1-8-15-11(23-17-8)7-22-12(19)6-18-10-5-3-2-4-9(10)13(20)16-14(18)21/h2-5H,6-7H2,1H3,(H,16,20,21). The average Bonchev–Trinajstić information content (AvgIpc) is 2.95. The molecule has 9 nitrogen and oxygen atoms in total. The molecule has 1 N–H and O–H groups in total. The molecule has 2 heterocycles. The van der Waals surface area contributed by atoms with Gasteiger partial charge in [0.1, 0.15) is 6.54 Å². The quantitative estimate of drug-likeness (QED) is 0.679. The van der Waals surface area contributed by atoms with Crippen LogP contribution in [0.2, 0.25) is 0 Å². The molecule has 0 saturated heterocycles. The molecule has 0 fully saturated rings. The Morgan fingerprint density at radius 1 is 1.35 bits per heavy atom. The zero-order valence-corrected chi connectivity index (χ0v) is 12.1. The van der Waals surface area contributed by atoms with E-state index in [1.165, 1.54) is 0 Å². The minimum absolute atomic E-state index is 0.162. The molecule has 0 radical (unpaired) electrons. The van der Waals surface area contributed by atoms with Crippen molar-refractivity contribution in [3.63, 3.8) is 0 Å². The molecule has 1 aromatic carbocycles. The van der Waals surface area contributed by atoms with Crippen molar-refractivity contribution in [3.8, 4) is 0 Å². The summed E-state index contributed by atoms with van der Waals surface area (Å²) in [6.07, 6.45) is 0. The van der Waals surface area contributed by atoms with Crippen molar-refractivity contribution in [2.24, 2.45) is 0 Å². The van der Waals surface area contributed by atoms with Crippen LogP contribution in [0.15, 0.2) is 38.4 Å². The number of nitrogens with one attached hydrogen (secondary N) is 1. The van der Waals surface area contributed by atoms with E-state index in [2.05, 4.69) is 15.1 Å². The maximum Gasteiger partial charge on any atom is 0.329 e. The van der Waals surface area contributed by atoms with E-state index in [0.717, 1.165) is 4.57 Å². The molecular weight excluding hydrogens is 304 g/mol. The van der Waals surface area contributed by atoms with Gasteiger partial charge in [-0.2, -0.15) is 4.98 Å². The van der Waals surface area contributed by atoms with Gasteiger partial charge in [0.2, 0.25) is 0 Å². The Morgan fingerprint density at radius 2 is 2.13 bits per heavy atom. The van der Waals surface area contributed by atoms with Gasteiger partial charge < -0.3 is 9.26 Å². The lowest BCUT2D eigenvalue weighted by Crippen LogP contribution is -2.32. The fraction of sp³-hybridized carbons (Fsp3) is 0.214. The number of rotatable bonds is 4. The van der Waals surface area contributed by atoms with Crippen molar-refractivity contribution in [1.29, 1.82) is 0 Å². The summed E-state index contributed by atoms with van der Waals surface area (Å²) in [6.45, 7) is 1.11. The van der Waals surface area contributed by atoms with Gasteiger partial charge in [-0.25, -0.2) is 4.79 Å². The van der Waals surface area contributed by atoms with E-state index in [0.29, 0.717) is 16.7 Å². The predicted octanol–water partition coefficient (Wildman–Crippen LogP) is 0.125. The van der Waals surface area contributed by atoms with Gasteiger partial charge in [-0.3, -0.25) is 19.1 Å². The first-order valence-corrected chi connectivity index (χ1v) is 6.71. The molecule has 23 heavy (non-hydrogen) atoms. The fourth-order valence-electron chi connectivity index (χ4n) is 2.11. The monoisotopic (exact) mass is 316 g/mol. The summed E-state index contributed by atoms with van der Waals surface area (Å²) in [5.41, 5.74) is -0.831. The van der Waals surface area contributed by atoms with E-state index in [9.17, 15) is 14.4 Å². The highest BCUT2D eigenvalue weighted by molar-refractivity contribution is 5.79. The molecule has 0 atom stereocenters. The Kier molecular flexibility index (Phi) is 3.75. The van der Waals surface area contributed by atoms with E-state index in [1.54, 1.807) is 31.2 Å². The van der Waals surface area contributed by atoms with Crippen molar-refractivity contribution in [1.82, 2.24) is 19.7 Å². The average molecular weight is 316 g/mol. The van der Waals surface area contributed by atoms with E-state index < -0.39 is 17.2 Å². The van der Waals surface area contributed by atoms with Crippen molar-refractivity contribution in [2.75, 3.05) is 0 Å². The minimum atomic E-state index is -0.681. The highest BCUT2D eigenvalue weighted by atomic mass is 16.6. The molecule has 0 aliphatic heterocycles. The van der Waals surface area contributed by atoms with Crippen LogP contribution in [-0.2, 0) is 22.7 Å². The van der Waals surface area contributed by atoms with Crippen molar-refractivity contribution in [2.45, 2.75) is 20.1 Å². The lowest BCUT2D eigenvalue weighted by atomic mass is 10.2. The second-order valence-electron chi connectivity index (χ2n) is 4.76. The second kappa shape index (κ2) is 5.87. The molecule has 0 bridgehead atoms. The first-order valence-electron chi connectivity index (χ1n) is 6.71. The number of H-pyrrole nitrogens is 1. The molecule has 2 aromatic heterocycles. The molecule has 9 heteroatoms. The molecule has 0 unspecified atom stereocenters. The van der Waals surface area contributed by atoms with Crippen LogP contribution in [0, 0.1) is 6.92 Å². The first kappa shape index (κ1) is 14.7. The second-order valence-corrected chi connectivity index (χ2v) is 4.76. The van der Waals surface area contributed by atoms with E-state index in [1.807, 2.05) is 0 Å². The number of ether oxygens (including phenoxy) is 1. The number of carbonyl (C=O) groups is 1. The molecule has 0 amide bonds. The number of esters is 1. The molecule has 3 aromatic rings. The minimum Gasteiger partial charge on any atom is -0.454 e. The number of benzene rings is 1. The topological polar surface area (TPSA) is 120 Å². The number of fused-ring (bicyclic) bond motifs is 1. The van der Waals surface area contributed by atoms with Crippen LogP contribution < -0.4 is 11.2 Å². The smallest absolute Gasteiger partial charge is 0.329 e. The highest BCUT2D eigenvalue weighted by Gasteiger charge is 2.13. The zero-order chi connectivity index (χ0) is 16.4. The molecule has 0 aliphatic rings. The van der Waals surface area contributed by atoms with Crippen LogP contribution in [0.5, 0.6) is 0 Å². The number of aromatic amines is 1. The first-order chi connectivity index (χ1) is 11.0. The van der Waals surface area contributed by atoms with Crippen molar-refractivity contribution in [3.05, 3.63) is 56.8 Å². The summed E-state index contributed by atoms with van der Waals surface area (Å²) in [5, 5.41) is 3.88. The number of nitrogens with zero attached hydrogens (tertiary/aromatic N) is 3. The van der Waals surface area contributed by atoms with Crippen LogP contribution in [0.1, 0.15) is 11.7 Å². The third-order valence-corrected chi connectivity index (χ3v) is 3.12. The Labute approximate surface area is 128 Å². The number of hydrogen-bond donors (Lipinski definition) is 1. The number of aromatic nitrogens is 4. The van der Waals surface area contributed by atoms with Gasteiger partial charge in [0.25, 0.3) is 11.4 Å². The van der Waals surface area contributed by atoms with Gasteiger partial charge in [0.05, 0.1) is 10.9 Å². The van der Waals surface area contributed by atoms with Gasteiger partial charge in [0.15, 0.2) is 12.4 Å². The van der Waals surface area contributed by atoms with Crippen LogP contribution in [0.3, 0.4) is 0 Å². The van der Waals surface area contributed by atoms with Gasteiger partial charge >= 0.3 is 11.7 Å². The number of aryl methyl sites for hydroxylation is 1. The van der Waals surface area contributed by atoms with E-state index in [4.69, 9.17) is 9.26 Å². The lowest BCUT2D eigenvalue weighted by molar-refractivity contribution is -0.146. The summed E-state index contributed by atoms with van der Waals surface area (Å²) >= 11 is 0. The maximum atomic E-state index is 11.9. The van der Waals surface area contributed by atoms with E-state index >= 15 is 0 Å². The summed E-state index contributed by atoms with van der Waals surface area (Å²) in [5.74, 6) is -0.0754. The van der Waals surface area contributed by atoms with Crippen molar-refractivity contribution >= 4 is 16.9 Å². The molecule has 0 saturated carbocycles. The Balaban J connectivity index is 1.82. The number of hydrogen-bond acceptors (Lipinski definition) is 7. The summed E-state index contributed by atoms with van der Waals surface area (Å²) in [4.78, 5) is 41.6. The van der Waals surface area contributed by atoms with Crippen LogP contribution in [0.25, 0.3) is 10.9 Å². The third-order valence-electron chi connectivity index (χ3n) is 3.12. The van der Waals surface area contributed by atoms with Gasteiger partial charge in [-0.1, -0.05) is 17.3 Å². The largest absolute Gasteiger partial charge is 0.454 e. The fourth-order valence-corrected chi connectivity index (χ4v) is 2.11. The molecule has 3 rings (SSSR count). The summed E-state index contributed by atoms with van der Waals surface area (Å²) in [6, 6.07) is 6.49. The Bertz CT molecular complexity index is 984. The Hall–Kier alpha value is -3.23. The summed E-state index contributed by atoms with van der Waals surface area (Å²) < 4.78 is 10.9. The highest BCUT2D eigenvalue weighted by Crippen LogP contribution is 2.07. The Morgan fingerprint density at radius 3 is 2.87 bits per heavy atom. The van der Waals surface area contributed by atoms with Crippen LogP contribution >= 0.6 is 0 Å². The lowest BCUT2D eigenvalue weighted by Gasteiger charge is -2.08.